The lowest BCUT2D eigenvalue weighted by atomic mass is 10.1. The number of phenolic OH excluding ortho intramolecular Hbond substituents is 1. The minimum Gasteiger partial charge on any atom is -0.508 e. The average molecular weight is 491 g/mol. The molecule has 0 saturated carbocycles. The normalized spacial score (nSPS) is 14.7. The van der Waals surface area contributed by atoms with E-state index in [9.17, 15) is 9.90 Å². The maximum atomic E-state index is 13.6. The Balaban J connectivity index is 1.68. The number of hydrogen-bond acceptors (Lipinski definition) is 6. The molecule has 1 aliphatic rings. The first-order chi connectivity index (χ1) is 16.5. The van der Waals surface area contributed by atoms with Crippen LogP contribution in [0.4, 0.5) is 5.69 Å². The molecule has 6 nitrogen and oxygen atoms in total. The van der Waals surface area contributed by atoms with Gasteiger partial charge in [0.15, 0.2) is 5.84 Å². The molecule has 1 aromatic heterocycles. The van der Waals surface area contributed by atoms with Gasteiger partial charge in [0.2, 0.25) is 0 Å². The number of anilines is 1. The third kappa shape index (κ3) is 3.79. The highest BCUT2D eigenvalue weighted by molar-refractivity contribution is 7.21. The summed E-state index contributed by atoms with van der Waals surface area (Å²) in [5, 5.41) is 11.2. The van der Waals surface area contributed by atoms with Crippen LogP contribution in [0, 0.1) is 0 Å². The van der Waals surface area contributed by atoms with Gasteiger partial charge in [-0.2, -0.15) is 0 Å². The number of nitrogens with zero attached hydrogens (tertiary/aromatic N) is 2. The molecule has 0 saturated heterocycles. The second-order valence-electron chi connectivity index (χ2n) is 7.47. The quantitative estimate of drug-likeness (QED) is 0.342. The minimum atomic E-state index is -0.313. The van der Waals surface area contributed by atoms with Gasteiger partial charge in [-0.3, -0.25) is 9.69 Å². The van der Waals surface area contributed by atoms with Crippen LogP contribution < -0.4 is 14.4 Å². The number of amidine groups is 1. The molecule has 0 radical (unpaired) electrons. The number of aliphatic imine (C=N–C) groups is 1. The summed E-state index contributed by atoms with van der Waals surface area (Å²) in [7, 11) is 3.13. The Morgan fingerprint density at radius 2 is 1.79 bits per heavy atom. The summed E-state index contributed by atoms with van der Waals surface area (Å²) in [4.78, 5) is 20.5. The van der Waals surface area contributed by atoms with Crippen molar-refractivity contribution in [3.05, 3.63) is 87.9 Å². The monoisotopic (exact) mass is 490 g/mol. The lowest BCUT2D eigenvalue weighted by Crippen LogP contribution is -2.32. The van der Waals surface area contributed by atoms with E-state index in [0.29, 0.717) is 38.5 Å². The number of carbonyl (C=O) groups excluding carboxylic acids is 1. The molecule has 0 aliphatic carbocycles. The van der Waals surface area contributed by atoms with Gasteiger partial charge >= 0.3 is 0 Å². The summed E-state index contributed by atoms with van der Waals surface area (Å²) >= 11 is 8.22. The van der Waals surface area contributed by atoms with Crippen molar-refractivity contribution < 1.29 is 19.4 Å². The van der Waals surface area contributed by atoms with E-state index >= 15 is 0 Å². The van der Waals surface area contributed by atoms with Gasteiger partial charge in [-0.15, -0.1) is 11.3 Å². The molecule has 0 unspecified atom stereocenters. The van der Waals surface area contributed by atoms with Crippen molar-refractivity contribution in [1.82, 2.24) is 0 Å². The highest BCUT2D eigenvalue weighted by Crippen LogP contribution is 2.40. The highest BCUT2D eigenvalue weighted by atomic mass is 35.5. The molecule has 5 rings (SSSR count). The van der Waals surface area contributed by atoms with Gasteiger partial charge in [0, 0.05) is 21.7 Å². The first-order valence-electron chi connectivity index (χ1n) is 10.3. The molecule has 0 bridgehead atoms. The van der Waals surface area contributed by atoms with Crippen LogP contribution in [-0.4, -0.2) is 31.1 Å². The fourth-order valence-electron chi connectivity index (χ4n) is 3.75. The number of ether oxygens (including phenoxy) is 2. The second-order valence-corrected chi connectivity index (χ2v) is 8.90. The number of carbonyl (C=O) groups is 1. The SMILES string of the molecule is COc1ccc(/C=C2/N=C(c3sc4ccccc4c3Cl)N(c3ccc(O)cc3)C2=O)c(OC)c1. The Hall–Kier alpha value is -3.81. The van der Waals surface area contributed by atoms with Crippen LogP contribution in [-0.2, 0) is 4.79 Å². The smallest absolute Gasteiger partial charge is 0.282 e. The van der Waals surface area contributed by atoms with Crippen LogP contribution in [0.5, 0.6) is 17.2 Å². The van der Waals surface area contributed by atoms with Gasteiger partial charge in [0.05, 0.1) is 29.8 Å². The molecule has 34 heavy (non-hydrogen) atoms. The van der Waals surface area contributed by atoms with Gasteiger partial charge in [0.25, 0.3) is 5.91 Å². The Kier molecular flexibility index (Phi) is 5.73. The third-order valence-electron chi connectivity index (χ3n) is 5.44. The van der Waals surface area contributed by atoms with Crippen LogP contribution in [0.3, 0.4) is 0 Å². The number of hydrogen-bond donors (Lipinski definition) is 1. The fourth-order valence-corrected chi connectivity index (χ4v) is 5.25. The number of thiophene rings is 1. The molecule has 0 fully saturated rings. The topological polar surface area (TPSA) is 71.4 Å². The maximum Gasteiger partial charge on any atom is 0.282 e. The van der Waals surface area contributed by atoms with Crippen molar-refractivity contribution in [1.29, 1.82) is 0 Å². The van der Waals surface area contributed by atoms with Crippen LogP contribution in [0.2, 0.25) is 5.02 Å². The van der Waals surface area contributed by atoms with Crippen LogP contribution in [0.25, 0.3) is 16.2 Å². The molecule has 4 aromatic rings. The van der Waals surface area contributed by atoms with Crippen molar-refractivity contribution >= 4 is 56.5 Å². The zero-order chi connectivity index (χ0) is 23.8. The third-order valence-corrected chi connectivity index (χ3v) is 7.11. The summed E-state index contributed by atoms with van der Waals surface area (Å²) < 4.78 is 11.7. The number of halogens is 1. The number of rotatable bonds is 5. The Morgan fingerprint density at radius 1 is 1.03 bits per heavy atom. The van der Waals surface area contributed by atoms with E-state index < -0.39 is 0 Å². The molecule has 0 spiro atoms. The minimum absolute atomic E-state index is 0.104. The highest BCUT2D eigenvalue weighted by Gasteiger charge is 2.35. The fraction of sp³-hybridized carbons (Fsp3) is 0.0769. The number of methoxy groups -OCH3 is 2. The van der Waals surface area contributed by atoms with Crippen molar-refractivity contribution in [2.24, 2.45) is 4.99 Å². The molecular weight excluding hydrogens is 472 g/mol. The van der Waals surface area contributed by atoms with E-state index in [4.69, 9.17) is 26.1 Å². The van der Waals surface area contributed by atoms with Crippen molar-refractivity contribution in [3.63, 3.8) is 0 Å². The zero-order valence-corrected chi connectivity index (χ0v) is 19.9. The number of benzene rings is 3. The van der Waals surface area contributed by atoms with Crippen LogP contribution in [0.15, 0.2) is 77.4 Å². The standard InChI is InChI=1S/C26H19ClN2O4S/c1-32-18-12-7-15(21(14-18)33-2)13-20-26(31)29(16-8-10-17(30)11-9-16)25(28-20)24-23(27)19-5-3-4-6-22(19)34-24/h3-14,30H,1-2H3/b20-13+. The van der Waals surface area contributed by atoms with E-state index in [0.717, 1.165) is 10.1 Å². The lowest BCUT2D eigenvalue weighted by Gasteiger charge is -2.18. The number of aromatic hydroxyl groups is 1. The zero-order valence-electron chi connectivity index (χ0n) is 18.3. The van der Waals surface area contributed by atoms with Gasteiger partial charge in [-0.1, -0.05) is 29.8 Å². The number of amides is 1. The largest absolute Gasteiger partial charge is 0.508 e. The first-order valence-corrected chi connectivity index (χ1v) is 11.5. The molecule has 1 N–H and O–H groups in total. The van der Waals surface area contributed by atoms with E-state index in [1.165, 1.54) is 28.4 Å². The molecule has 170 valence electrons. The van der Waals surface area contributed by atoms with Crippen molar-refractivity contribution in [2.75, 3.05) is 19.1 Å². The summed E-state index contributed by atoms with van der Waals surface area (Å²) in [6.45, 7) is 0. The predicted molar refractivity (Wildman–Crippen MR) is 136 cm³/mol. The maximum absolute atomic E-state index is 13.6. The van der Waals surface area contributed by atoms with Gasteiger partial charge in [0.1, 0.15) is 22.9 Å². The van der Waals surface area contributed by atoms with Gasteiger partial charge < -0.3 is 14.6 Å². The van der Waals surface area contributed by atoms with E-state index in [1.807, 2.05) is 30.3 Å². The number of fused-ring (bicyclic) bond motifs is 1. The summed E-state index contributed by atoms with van der Waals surface area (Å²) in [5.74, 6) is 1.42. The molecular formula is C26H19ClN2O4S. The number of phenols is 1. The molecule has 1 aliphatic heterocycles. The molecule has 1 amide bonds. The summed E-state index contributed by atoms with van der Waals surface area (Å²) in [6.07, 6.45) is 1.68. The Morgan fingerprint density at radius 3 is 2.50 bits per heavy atom. The molecule has 3 aromatic carbocycles. The molecule has 8 heteroatoms. The van der Waals surface area contributed by atoms with Crippen LogP contribution >= 0.6 is 22.9 Å². The van der Waals surface area contributed by atoms with E-state index in [2.05, 4.69) is 0 Å². The first kappa shape index (κ1) is 22.0. The second kappa shape index (κ2) is 8.85. The van der Waals surface area contributed by atoms with E-state index in [1.54, 1.807) is 44.6 Å². The van der Waals surface area contributed by atoms with Crippen molar-refractivity contribution in [3.8, 4) is 17.2 Å². The molecule has 2 heterocycles. The lowest BCUT2D eigenvalue weighted by molar-refractivity contribution is -0.113. The summed E-state index contributed by atoms with van der Waals surface area (Å²) in [6, 6.07) is 19.5. The van der Waals surface area contributed by atoms with Crippen LogP contribution in [0.1, 0.15) is 10.4 Å². The van der Waals surface area contributed by atoms with Crippen molar-refractivity contribution in [2.45, 2.75) is 0 Å². The Bertz CT molecular complexity index is 1470. The molecule has 0 atom stereocenters. The average Bonchev–Trinajstić information content (AvgIpc) is 3.36. The van der Waals surface area contributed by atoms with Gasteiger partial charge in [-0.25, -0.2) is 4.99 Å². The predicted octanol–water partition coefficient (Wildman–Crippen LogP) is 6.11. The summed E-state index contributed by atoms with van der Waals surface area (Å²) in [5.41, 5.74) is 1.49. The van der Waals surface area contributed by atoms with Gasteiger partial charge in [-0.05, 0) is 48.5 Å². The van der Waals surface area contributed by atoms with E-state index in [-0.39, 0.29) is 17.4 Å². The Labute approximate surface area is 205 Å².